The summed E-state index contributed by atoms with van der Waals surface area (Å²) in [5.74, 6) is -1.52. The molecule has 0 N–H and O–H groups in total. The van der Waals surface area contributed by atoms with Gasteiger partial charge in [-0.3, -0.25) is 9.59 Å². The lowest BCUT2D eigenvalue weighted by molar-refractivity contribution is -0.111. The number of halogens is 4. The number of benzene rings is 2. The van der Waals surface area contributed by atoms with Gasteiger partial charge >= 0.3 is 0 Å². The van der Waals surface area contributed by atoms with E-state index in [1.165, 1.54) is 6.07 Å². The number of carbonyl (C=O) groups is 2. The second-order valence-electron chi connectivity index (χ2n) is 4.23. The Bertz CT molecular complexity index is 837. The molecule has 0 radical (unpaired) electrons. The highest BCUT2D eigenvalue weighted by Crippen LogP contribution is 2.42. The van der Waals surface area contributed by atoms with Crippen LogP contribution in [-0.4, -0.2) is 11.6 Å². The van der Waals surface area contributed by atoms with E-state index in [1.807, 2.05) is 0 Å². The van der Waals surface area contributed by atoms with E-state index in [0.29, 0.717) is 16.0 Å². The molecule has 0 fully saturated rings. The largest absolute Gasteiger partial charge is 0.285 e. The summed E-state index contributed by atoms with van der Waals surface area (Å²) >= 11 is 24.2. The average Bonchev–Trinajstić information content (AvgIpc) is 2.45. The van der Waals surface area contributed by atoms with E-state index in [-0.39, 0.29) is 20.7 Å². The van der Waals surface area contributed by atoms with Crippen molar-refractivity contribution >= 4 is 73.8 Å². The van der Waals surface area contributed by atoms with Crippen LogP contribution in [0.1, 0.15) is 15.9 Å². The Hall–Kier alpha value is -1.06. The number of ketones is 2. The van der Waals surface area contributed by atoms with Crippen LogP contribution in [0.3, 0.4) is 0 Å². The van der Waals surface area contributed by atoms with Crippen LogP contribution in [-0.2, 0) is 4.79 Å². The van der Waals surface area contributed by atoms with Gasteiger partial charge in [0.05, 0.1) is 15.1 Å². The second-order valence-corrected chi connectivity index (χ2v) is 5.77. The van der Waals surface area contributed by atoms with Gasteiger partial charge < -0.3 is 0 Å². The predicted molar refractivity (Wildman–Crippen MR) is 81.9 cm³/mol. The van der Waals surface area contributed by atoms with Gasteiger partial charge in [-0.05, 0) is 17.5 Å². The molecule has 0 atom stereocenters. The van der Waals surface area contributed by atoms with Crippen LogP contribution in [0.4, 0.5) is 0 Å². The number of hydrogen-bond acceptors (Lipinski definition) is 2. The van der Waals surface area contributed by atoms with Crippen LogP contribution < -0.4 is 0 Å². The summed E-state index contributed by atoms with van der Waals surface area (Å²) in [5, 5.41) is 1.58. The highest BCUT2D eigenvalue weighted by Gasteiger charge is 2.33. The lowest BCUT2D eigenvalue weighted by Gasteiger charge is -2.17. The molecule has 0 bridgehead atoms. The minimum absolute atomic E-state index is 0.0148. The van der Waals surface area contributed by atoms with Gasteiger partial charge in [0, 0.05) is 16.5 Å². The summed E-state index contributed by atoms with van der Waals surface area (Å²) in [6.07, 6.45) is 0. The highest BCUT2D eigenvalue weighted by atomic mass is 35.5. The van der Waals surface area contributed by atoms with Gasteiger partial charge in [0.2, 0.25) is 11.6 Å². The maximum atomic E-state index is 12.0. The number of Topliss-reactive ketones (excluding diaryl/α,β-unsaturated/α-hetero) is 2. The van der Waals surface area contributed by atoms with Crippen molar-refractivity contribution < 1.29 is 9.59 Å². The van der Waals surface area contributed by atoms with Gasteiger partial charge in [0.1, 0.15) is 5.03 Å². The monoisotopic (exact) mass is 344 g/mol. The van der Waals surface area contributed by atoms with E-state index in [2.05, 4.69) is 0 Å². The van der Waals surface area contributed by atoms with Crippen molar-refractivity contribution in [3.8, 4) is 0 Å². The van der Waals surface area contributed by atoms with Gasteiger partial charge in [-0.1, -0.05) is 58.5 Å². The molecule has 0 saturated carbocycles. The molecule has 2 aromatic carbocycles. The molecule has 1 aliphatic rings. The van der Waals surface area contributed by atoms with E-state index in [0.717, 1.165) is 5.39 Å². The van der Waals surface area contributed by atoms with E-state index >= 15 is 0 Å². The Morgan fingerprint density at radius 3 is 2.10 bits per heavy atom. The molecule has 3 rings (SSSR count). The maximum Gasteiger partial charge on any atom is 0.246 e. The zero-order valence-electron chi connectivity index (χ0n) is 9.64. The highest BCUT2D eigenvalue weighted by molar-refractivity contribution is 6.71. The van der Waals surface area contributed by atoms with Gasteiger partial charge in [0.25, 0.3) is 0 Å². The summed E-state index contributed by atoms with van der Waals surface area (Å²) in [6.45, 7) is 0. The third-order valence-electron chi connectivity index (χ3n) is 3.14. The summed E-state index contributed by atoms with van der Waals surface area (Å²) in [5.41, 5.74) is 0.535. The van der Waals surface area contributed by atoms with Gasteiger partial charge in [0.15, 0.2) is 0 Å². The molecule has 6 heteroatoms. The molecular weight excluding hydrogens is 342 g/mol. The molecule has 0 heterocycles. The van der Waals surface area contributed by atoms with Crippen molar-refractivity contribution in [2.45, 2.75) is 0 Å². The van der Waals surface area contributed by atoms with Gasteiger partial charge in [-0.25, -0.2) is 0 Å². The third-order valence-corrected chi connectivity index (χ3v) is 4.78. The maximum absolute atomic E-state index is 12.0. The van der Waals surface area contributed by atoms with Crippen molar-refractivity contribution in [2.24, 2.45) is 0 Å². The van der Waals surface area contributed by atoms with Crippen LogP contribution in [0.2, 0.25) is 10.0 Å². The van der Waals surface area contributed by atoms with Crippen molar-refractivity contribution in [3.05, 3.63) is 50.5 Å². The lowest BCUT2D eigenvalue weighted by Crippen LogP contribution is -2.21. The molecule has 0 saturated heterocycles. The van der Waals surface area contributed by atoms with E-state index in [4.69, 9.17) is 46.4 Å². The van der Waals surface area contributed by atoms with Gasteiger partial charge in [-0.2, -0.15) is 0 Å². The molecule has 2 aromatic rings. The van der Waals surface area contributed by atoms with E-state index in [1.54, 1.807) is 18.2 Å². The molecule has 0 aliphatic heterocycles. The quantitative estimate of drug-likeness (QED) is 0.625. The van der Waals surface area contributed by atoms with E-state index < -0.39 is 11.6 Å². The van der Waals surface area contributed by atoms with Crippen molar-refractivity contribution in [3.63, 3.8) is 0 Å². The molecular formula is C14H4Cl4O2. The predicted octanol–water partition coefficient (Wildman–Crippen LogP) is 5.06. The van der Waals surface area contributed by atoms with Crippen LogP contribution >= 0.6 is 46.4 Å². The number of fused-ring (bicyclic) bond motifs is 3. The topological polar surface area (TPSA) is 34.1 Å². The normalized spacial score (nSPS) is 15.0. The molecule has 20 heavy (non-hydrogen) atoms. The summed E-state index contributed by atoms with van der Waals surface area (Å²) in [7, 11) is 0. The standard InChI is InChI=1S/C14H4Cl4O2/c15-7-4-2-5-1-3-6-9(8(5)10(7)16)11(17)12(18)14(20)13(6)19/h1-4H. The zero-order valence-corrected chi connectivity index (χ0v) is 12.7. The SMILES string of the molecule is O=C1C(=O)c2ccc3ccc(Cl)c(Cl)c3c2C(Cl)=C1Cl. The average molecular weight is 346 g/mol. The number of allylic oxidation sites excluding steroid dienone is 1. The molecule has 0 unspecified atom stereocenters. The lowest BCUT2D eigenvalue weighted by atomic mass is 9.90. The van der Waals surface area contributed by atoms with Crippen LogP contribution in [0.15, 0.2) is 29.3 Å². The first-order valence-corrected chi connectivity index (χ1v) is 7.00. The zero-order chi connectivity index (χ0) is 14.6. The van der Waals surface area contributed by atoms with Crippen LogP contribution in [0.5, 0.6) is 0 Å². The fourth-order valence-electron chi connectivity index (χ4n) is 2.20. The molecule has 100 valence electrons. The fraction of sp³-hybridized carbons (Fsp3) is 0. The van der Waals surface area contributed by atoms with Crippen molar-refractivity contribution in [1.82, 2.24) is 0 Å². The van der Waals surface area contributed by atoms with Gasteiger partial charge in [-0.15, -0.1) is 0 Å². The summed E-state index contributed by atoms with van der Waals surface area (Å²) in [4.78, 5) is 23.7. The minimum Gasteiger partial charge on any atom is -0.285 e. The number of carbonyl (C=O) groups excluding carboxylic acids is 2. The first kappa shape index (κ1) is 13.9. The van der Waals surface area contributed by atoms with Crippen LogP contribution in [0.25, 0.3) is 15.8 Å². The first-order valence-electron chi connectivity index (χ1n) is 5.49. The number of rotatable bonds is 0. The van der Waals surface area contributed by atoms with E-state index in [9.17, 15) is 9.59 Å². The Morgan fingerprint density at radius 1 is 0.750 bits per heavy atom. The minimum atomic E-state index is -0.818. The first-order chi connectivity index (χ1) is 9.43. The number of hydrogen-bond donors (Lipinski definition) is 0. The Labute approximate surface area is 133 Å². The molecule has 0 amide bonds. The van der Waals surface area contributed by atoms with Crippen molar-refractivity contribution in [2.75, 3.05) is 0 Å². The molecule has 0 spiro atoms. The Morgan fingerprint density at radius 2 is 1.40 bits per heavy atom. The fourth-order valence-corrected chi connectivity index (χ4v) is 3.08. The summed E-state index contributed by atoms with van der Waals surface area (Å²) < 4.78 is 0. The second kappa shape index (κ2) is 4.74. The Balaban J connectivity index is 2.56. The Kier molecular flexibility index (Phi) is 3.30. The summed E-state index contributed by atoms with van der Waals surface area (Å²) in [6, 6.07) is 6.62. The smallest absolute Gasteiger partial charge is 0.246 e. The molecule has 1 aliphatic carbocycles. The molecule has 0 aromatic heterocycles. The third kappa shape index (κ3) is 1.80. The van der Waals surface area contributed by atoms with Crippen LogP contribution in [0, 0.1) is 0 Å². The molecule has 2 nitrogen and oxygen atoms in total. The van der Waals surface area contributed by atoms with Crippen molar-refractivity contribution in [1.29, 1.82) is 0 Å².